The Kier molecular flexibility index (Phi) is 1.40. The lowest BCUT2D eigenvalue weighted by molar-refractivity contribution is -0.0116. The molecule has 0 radical (unpaired) electrons. The molecule has 1 nitrogen and oxygen atoms in total. The van der Waals surface area contributed by atoms with Gasteiger partial charge in [-0.15, -0.1) is 0 Å². The molecule has 2 saturated carbocycles. The number of aliphatic hydroxyl groups excluding tert-OH is 1. The SMILES string of the molecule is O[C@H]1C2C[C@@H]3C=C[C@H]1C[C@H](C2)C3. The van der Waals surface area contributed by atoms with E-state index in [-0.39, 0.29) is 6.10 Å². The highest BCUT2D eigenvalue weighted by atomic mass is 16.3. The predicted octanol–water partition coefficient (Wildman–Crippen LogP) is 1.97. The summed E-state index contributed by atoms with van der Waals surface area (Å²) in [5, 5.41) is 9.96. The van der Waals surface area contributed by atoms with Gasteiger partial charge in [-0.1, -0.05) is 12.2 Å². The van der Waals surface area contributed by atoms with E-state index in [9.17, 15) is 5.11 Å². The molecule has 0 aromatic carbocycles. The van der Waals surface area contributed by atoms with E-state index >= 15 is 0 Å². The van der Waals surface area contributed by atoms with Crippen molar-refractivity contribution in [3.05, 3.63) is 12.2 Å². The van der Waals surface area contributed by atoms with Crippen molar-refractivity contribution in [1.82, 2.24) is 0 Å². The maximum absolute atomic E-state index is 9.96. The average Bonchev–Trinajstić information content (AvgIpc) is 2.27. The topological polar surface area (TPSA) is 20.2 Å². The van der Waals surface area contributed by atoms with Crippen LogP contribution >= 0.6 is 0 Å². The van der Waals surface area contributed by atoms with Crippen molar-refractivity contribution in [2.75, 3.05) is 0 Å². The van der Waals surface area contributed by atoms with E-state index < -0.39 is 0 Å². The Morgan fingerprint density at radius 3 is 2.83 bits per heavy atom. The van der Waals surface area contributed by atoms with E-state index in [1.807, 2.05) is 0 Å². The van der Waals surface area contributed by atoms with Gasteiger partial charge in [0.1, 0.15) is 0 Å². The second-order valence-corrected chi connectivity index (χ2v) is 4.87. The third-order valence-electron chi connectivity index (χ3n) is 4.04. The second-order valence-electron chi connectivity index (χ2n) is 4.87. The highest BCUT2D eigenvalue weighted by molar-refractivity contribution is 5.08. The fourth-order valence-corrected chi connectivity index (χ4v) is 3.53. The van der Waals surface area contributed by atoms with Gasteiger partial charge >= 0.3 is 0 Å². The minimum Gasteiger partial charge on any atom is -0.392 e. The highest BCUT2D eigenvalue weighted by Crippen LogP contribution is 2.48. The van der Waals surface area contributed by atoms with E-state index in [0.717, 1.165) is 11.8 Å². The normalized spacial score (nSPS) is 55.9. The molecule has 0 aromatic heterocycles. The predicted molar refractivity (Wildman–Crippen MR) is 47.6 cm³/mol. The van der Waals surface area contributed by atoms with Crippen LogP contribution in [0, 0.1) is 23.7 Å². The van der Waals surface area contributed by atoms with Crippen molar-refractivity contribution in [3.63, 3.8) is 0 Å². The van der Waals surface area contributed by atoms with Crippen LogP contribution in [0.4, 0.5) is 0 Å². The molecule has 0 amide bonds. The van der Waals surface area contributed by atoms with Crippen LogP contribution in [-0.4, -0.2) is 11.2 Å². The van der Waals surface area contributed by atoms with Gasteiger partial charge in [-0.05, 0) is 43.4 Å². The summed E-state index contributed by atoms with van der Waals surface area (Å²) in [6.45, 7) is 0. The summed E-state index contributed by atoms with van der Waals surface area (Å²) in [6, 6.07) is 0. The summed E-state index contributed by atoms with van der Waals surface area (Å²) in [6.07, 6.45) is 9.85. The summed E-state index contributed by atoms with van der Waals surface area (Å²) in [4.78, 5) is 0. The molecule has 2 fully saturated rings. The van der Waals surface area contributed by atoms with Gasteiger partial charge in [-0.2, -0.15) is 0 Å². The van der Waals surface area contributed by atoms with Gasteiger partial charge in [0.05, 0.1) is 6.10 Å². The van der Waals surface area contributed by atoms with E-state index in [1.54, 1.807) is 0 Å². The van der Waals surface area contributed by atoms with Gasteiger partial charge < -0.3 is 5.11 Å². The van der Waals surface area contributed by atoms with Crippen LogP contribution in [0.25, 0.3) is 0 Å². The largest absolute Gasteiger partial charge is 0.392 e. The fourth-order valence-electron chi connectivity index (χ4n) is 3.53. The molecule has 0 spiro atoms. The van der Waals surface area contributed by atoms with Crippen molar-refractivity contribution in [2.24, 2.45) is 23.7 Å². The quantitative estimate of drug-likeness (QED) is 0.543. The minimum absolute atomic E-state index is 0.0113. The molecule has 4 aliphatic rings. The lowest BCUT2D eigenvalue weighted by atomic mass is 9.66. The first-order chi connectivity index (χ1) is 5.83. The summed E-state index contributed by atoms with van der Waals surface area (Å²) < 4.78 is 0. The van der Waals surface area contributed by atoms with Crippen molar-refractivity contribution in [1.29, 1.82) is 0 Å². The fraction of sp³-hybridized carbons (Fsp3) is 0.818. The van der Waals surface area contributed by atoms with Crippen LogP contribution in [0.3, 0.4) is 0 Å². The first kappa shape index (κ1) is 7.14. The zero-order valence-corrected chi connectivity index (χ0v) is 7.32. The maximum atomic E-state index is 9.96. The van der Waals surface area contributed by atoms with Crippen molar-refractivity contribution in [3.8, 4) is 0 Å². The van der Waals surface area contributed by atoms with Crippen LogP contribution in [-0.2, 0) is 0 Å². The molecule has 1 N–H and O–H groups in total. The molecule has 0 aromatic rings. The number of allylic oxidation sites excluding steroid dienone is 1. The maximum Gasteiger partial charge on any atom is 0.0631 e. The van der Waals surface area contributed by atoms with Crippen LogP contribution in [0.1, 0.15) is 25.7 Å². The van der Waals surface area contributed by atoms with Gasteiger partial charge in [0.25, 0.3) is 0 Å². The molecule has 4 rings (SSSR count). The summed E-state index contributed by atoms with van der Waals surface area (Å²) in [7, 11) is 0. The third-order valence-corrected chi connectivity index (χ3v) is 4.04. The van der Waals surface area contributed by atoms with Gasteiger partial charge in [-0.25, -0.2) is 0 Å². The summed E-state index contributed by atoms with van der Waals surface area (Å²) in [5.41, 5.74) is 0. The Balaban J connectivity index is 1.98. The molecule has 66 valence electrons. The smallest absolute Gasteiger partial charge is 0.0631 e. The van der Waals surface area contributed by atoms with Crippen molar-refractivity contribution in [2.45, 2.75) is 31.8 Å². The summed E-state index contributed by atoms with van der Waals surface area (Å²) in [5.74, 6) is 2.86. The number of hydrogen-bond donors (Lipinski definition) is 1. The molecule has 1 heteroatoms. The molecule has 4 bridgehead atoms. The van der Waals surface area contributed by atoms with Crippen molar-refractivity contribution >= 4 is 0 Å². The van der Waals surface area contributed by atoms with Gasteiger partial charge in [-0.3, -0.25) is 0 Å². The molecule has 0 heterocycles. The van der Waals surface area contributed by atoms with E-state index in [0.29, 0.717) is 11.8 Å². The number of rotatable bonds is 0. The Bertz CT molecular complexity index is 221. The monoisotopic (exact) mass is 164 g/mol. The number of aliphatic hydroxyl groups is 1. The molecule has 1 unspecified atom stereocenters. The molecule has 12 heavy (non-hydrogen) atoms. The zero-order chi connectivity index (χ0) is 8.13. The van der Waals surface area contributed by atoms with Gasteiger partial charge in [0, 0.05) is 5.92 Å². The van der Waals surface area contributed by atoms with E-state index in [4.69, 9.17) is 0 Å². The van der Waals surface area contributed by atoms with Crippen molar-refractivity contribution < 1.29 is 5.11 Å². The van der Waals surface area contributed by atoms with Crippen LogP contribution < -0.4 is 0 Å². The van der Waals surface area contributed by atoms with E-state index in [2.05, 4.69) is 12.2 Å². The van der Waals surface area contributed by atoms with Crippen LogP contribution in [0.2, 0.25) is 0 Å². The molecule has 0 aliphatic heterocycles. The van der Waals surface area contributed by atoms with Crippen LogP contribution in [0.15, 0.2) is 12.2 Å². The summed E-state index contributed by atoms with van der Waals surface area (Å²) >= 11 is 0. The molecular weight excluding hydrogens is 148 g/mol. The standard InChI is InChI=1S/C11H16O/c12-11-9-2-1-7-3-8(5-9)6-10(11)4-7/h1-2,7-12H,3-6H2/t7-,8-,9+,10?,11-/m1/s1. The molecule has 4 aliphatic carbocycles. The Morgan fingerprint density at radius 1 is 1.00 bits per heavy atom. The lowest BCUT2D eigenvalue weighted by Crippen LogP contribution is -2.39. The zero-order valence-electron chi connectivity index (χ0n) is 7.32. The Morgan fingerprint density at radius 2 is 1.92 bits per heavy atom. The van der Waals surface area contributed by atoms with Gasteiger partial charge in [0.15, 0.2) is 0 Å². The highest BCUT2D eigenvalue weighted by Gasteiger charge is 2.42. The third kappa shape index (κ3) is 0.891. The first-order valence-electron chi connectivity index (χ1n) is 5.19. The Labute approximate surface area is 73.5 Å². The second kappa shape index (κ2) is 2.35. The van der Waals surface area contributed by atoms with Crippen LogP contribution in [0.5, 0.6) is 0 Å². The molecule has 0 saturated heterocycles. The lowest BCUT2D eigenvalue weighted by Gasteiger charge is -2.41. The molecule has 5 atom stereocenters. The molecular formula is C11H16O. The average molecular weight is 164 g/mol. The first-order valence-corrected chi connectivity index (χ1v) is 5.19. The minimum atomic E-state index is -0.0113. The number of hydrogen-bond acceptors (Lipinski definition) is 1. The Hall–Kier alpha value is -0.300. The van der Waals surface area contributed by atoms with E-state index in [1.165, 1.54) is 25.7 Å². The van der Waals surface area contributed by atoms with Gasteiger partial charge in [0.2, 0.25) is 0 Å².